The van der Waals surface area contributed by atoms with Crippen molar-refractivity contribution in [1.29, 1.82) is 0 Å². The average molecular weight is 374 g/mol. The standard InChI is InChI=1S/C22H35N3O2/c1-17-5-7-18(8-6-17)27-19-9-10-23-20(15-19)24-11-13-25(14-12-24)21(26)16-22(2,3)4/h9-10,15,17-18H,5-8,11-14,16H2,1-4H3. The summed E-state index contributed by atoms with van der Waals surface area (Å²) in [7, 11) is 0. The highest BCUT2D eigenvalue weighted by atomic mass is 16.5. The minimum absolute atomic E-state index is 0.0400. The Hall–Kier alpha value is -1.78. The predicted octanol–water partition coefficient (Wildman–Crippen LogP) is 4.12. The van der Waals surface area contributed by atoms with Gasteiger partial charge < -0.3 is 14.5 Å². The van der Waals surface area contributed by atoms with Crippen molar-refractivity contribution in [3.8, 4) is 5.75 Å². The van der Waals surface area contributed by atoms with Crippen molar-refractivity contribution in [2.45, 2.75) is 65.9 Å². The molecule has 0 spiro atoms. The molecule has 1 saturated heterocycles. The Kier molecular flexibility index (Phi) is 6.28. The summed E-state index contributed by atoms with van der Waals surface area (Å²) in [5.41, 5.74) is 0.0400. The molecule has 2 heterocycles. The van der Waals surface area contributed by atoms with Crippen molar-refractivity contribution in [1.82, 2.24) is 9.88 Å². The lowest BCUT2D eigenvalue weighted by Crippen LogP contribution is -2.49. The molecule has 3 rings (SSSR count). The van der Waals surface area contributed by atoms with Crippen molar-refractivity contribution < 1.29 is 9.53 Å². The fourth-order valence-electron chi connectivity index (χ4n) is 3.94. The van der Waals surface area contributed by atoms with Crippen LogP contribution in [0.2, 0.25) is 0 Å². The summed E-state index contributed by atoms with van der Waals surface area (Å²) in [5, 5.41) is 0. The van der Waals surface area contributed by atoms with E-state index in [0.29, 0.717) is 12.5 Å². The van der Waals surface area contributed by atoms with Gasteiger partial charge in [0.15, 0.2) is 0 Å². The summed E-state index contributed by atoms with van der Waals surface area (Å²) in [5.74, 6) is 2.97. The van der Waals surface area contributed by atoms with Gasteiger partial charge >= 0.3 is 0 Å². The molecule has 2 fully saturated rings. The minimum atomic E-state index is 0.0400. The maximum Gasteiger partial charge on any atom is 0.223 e. The van der Waals surface area contributed by atoms with Crippen LogP contribution >= 0.6 is 0 Å². The first-order valence-electron chi connectivity index (χ1n) is 10.5. The predicted molar refractivity (Wildman–Crippen MR) is 109 cm³/mol. The zero-order chi connectivity index (χ0) is 19.4. The quantitative estimate of drug-likeness (QED) is 0.796. The molecule has 1 aromatic heterocycles. The number of piperazine rings is 1. The second-order valence-electron chi connectivity index (χ2n) is 9.45. The maximum absolute atomic E-state index is 12.4. The van der Waals surface area contributed by atoms with E-state index in [9.17, 15) is 4.79 Å². The van der Waals surface area contributed by atoms with E-state index in [1.54, 1.807) is 0 Å². The third-order valence-electron chi connectivity index (χ3n) is 5.62. The van der Waals surface area contributed by atoms with Crippen LogP contribution in [0.4, 0.5) is 5.82 Å². The molecule has 0 N–H and O–H groups in total. The van der Waals surface area contributed by atoms with Gasteiger partial charge in [-0.15, -0.1) is 0 Å². The number of carbonyl (C=O) groups excluding carboxylic acids is 1. The van der Waals surface area contributed by atoms with Crippen molar-refractivity contribution in [2.75, 3.05) is 31.1 Å². The van der Waals surface area contributed by atoms with Crippen molar-refractivity contribution in [2.24, 2.45) is 11.3 Å². The molecule has 0 unspecified atom stereocenters. The van der Waals surface area contributed by atoms with Crippen LogP contribution in [0.3, 0.4) is 0 Å². The summed E-state index contributed by atoms with van der Waals surface area (Å²) in [6.45, 7) is 11.9. The number of nitrogens with zero attached hydrogens (tertiary/aromatic N) is 3. The van der Waals surface area contributed by atoms with Gasteiger partial charge in [-0.2, -0.15) is 0 Å². The van der Waals surface area contributed by atoms with E-state index in [0.717, 1.165) is 56.5 Å². The summed E-state index contributed by atoms with van der Waals surface area (Å²) in [6, 6.07) is 4.02. The van der Waals surface area contributed by atoms with Crippen LogP contribution in [0.15, 0.2) is 18.3 Å². The molecule has 150 valence electrons. The first-order valence-corrected chi connectivity index (χ1v) is 10.5. The van der Waals surface area contributed by atoms with E-state index in [2.05, 4.69) is 43.6 Å². The number of anilines is 1. The molecular weight excluding hydrogens is 338 g/mol. The van der Waals surface area contributed by atoms with E-state index in [1.165, 1.54) is 12.8 Å². The zero-order valence-corrected chi connectivity index (χ0v) is 17.4. The van der Waals surface area contributed by atoms with Crippen LogP contribution in [-0.2, 0) is 4.79 Å². The van der Waals surface area contributed by atoms with Crippen molar-refractivity contribution in [3.05, 3.63) is 18.3 Å². The topological polar surface area (TPSA) is 45.7 Å². The van der Waals surface area contributed by atoms with Crippen LogP contribution in [0, 0.1) is 11.3 Å². The van der Waals surface area contributed by atoms with Gasteiger partial charge in [-0.05, 0) is 43.1 Å². The van der Waals surface area contributed by atoms with Crippen LogP contribution in [0.1, 0.15) is 59.8 Å². The third-order valence-corrected chi connectivity index (χ3v) is 5.62. The second kappa shape index (κ2) is 8.49. The highest BCUT2D eigenvalue weighted by Gasteiger charge is 2.26. The Balaban J connectivity index is 1.53. The van der Waals surface area contributed by atoms with E-state index in [-0.39, 0.29) is 11.3 Å². The van der Waals surface area contributed by atoms with Crippen molar-refractivity contribution in [3.63, 3.8) is 0 Å². The van der Waals surface area contributed by atoms with Gasteiger partial charge in [0.25, 0.3) is 0 Å². The van der Waals surface area contributed by atoms with Crippen LogP contribution < -0.4 is 9.64 Å². The summed E-state index contributed by atoms with van der Waals surface area (Å²) in [6.07, 6.45) is 7.59. The monoisotopic (exact) mass is 373 g/mol. The van der Waals surface area contributed by atoms with Crippen LogP contribution in [-0.4, -0.2) is 48.1 Å². The highest BCUT2D eigenvalue weighted by molar-refractivity contribution is 5.77. The summed E-state index contributed by atoms with van der Waals surface area (Å²) >= 11 is 0. The van der Waals surface area contributed by atoms with Gasteiger partial charge in [0.05, 0.1) is 6.10 Å². The van der Waals surface area contributed by atoms with E-state index < -0.39 is 0 Å². The minimum Gasteiger partial charge on any atom is -0.490 e. The smallest absolute Gasteiger partial charge is 0.223 e. The molecule has 1 aliphatic heterocycles. The molecule has 1 aliphatic carbocycles. The number of ether oxygens (including phenoxy) is 1. The lowest BCUT2D eigenvalue weighted by Gasteiger charge is -2.36. The fourth-order valence-corrected chi connectivity index (χ4v) is 3.94. The molecule has 0 radical (unpaired) electrons. The van der Waals surface area contributed by atoms with Gasteiger partial charge in [0.1, 0.15) is 11.6 Å². The summed E-state index contributed by atoms with van der Waals surface area (Å²) < 4.78 is 6.22. The van der Waals surface area contributed by atoms with Crippen LogP contribution in [0.25, 0.3) is 0 Å². The normalized spacial score (nSPS) is 24.0. The molecule has 0 bridgehead atoms. The largest absolute Gasteiger partial charge is 0.490 e. The van der Waals surface area contributed by atoms with Gasteiger partial charge in [-0.25, -0.2) is 4.98 Å². The third kappa shape index (κ3) is 5.85. The molecule has 1 aromatic rings. The van der Waals surface area contributed by atoms with Crippen LogP contribution in [0.5, 0.6) is 5.75 Å². The fraction of sp³-hybridized carbons (Fsp3) is 0.727. The molecule has 0 atom stereocenters. The molecule has 27 heavy (non-hydrogen) atoms. The molecular formula is C22H35N3O2. The number of amides is 1. The molecule has 0 aromatic carbocycles. The molecule has 5 heteroatoms. The van der Waals surface area contributed by atoms with E-state index in [1.807, 2.05) is 17.2 Å². The summed E-state index contributed by atoms with van der Waals surface area (Å²) in [4.78, 5) is 21.2. The highest BCUT2D eigenvalue weighted by Crippen LogP contribution is 2.28. The SMILES string of the molecule is CC1CCC(Oc2ccnc(N3CCN(C(=O)CC(C)(C)C)CC3)c2)CC1. The number of hydrogen-bond donors (Lipinski definition) is 0. The van der Waals surface area contributed by atoms with E-state index >= 15 is 0 Å². The zero-order valence-electron chi connectivity index (χ0n) is 17.4. The second-order valence-corrected chi connectivity index (χ2v) is 9.45. The molecule has 2 aliphatic rings. The Labute approximate surface area is 164 Å². The molecule has 1 saturated carbocycles. The number of carbonyl (C=O) groups is 1. The van der Waals surface area contributed by atoms with Gasteiger partial charge in [-0.3, -0.25) is 4.79 Å². The number of aromatic nitrogens is 1. The Morgan fingerprint density at radius 1 is 1.15 bits per heavy atom. The lowest BCUT2D eigenvalue weighted by atomic mass is 9.89. The van der Waals surface area contributed by atoms with E-state index in [4.69, 9.17) is 4.74 Å². The number of rotatable bonds is 4. The first-order chi connectivity index (χ1) is 12.8. The lowest BCUT2D eigenvalue weighted by molar-refractivity contribution is -0.133. The average Bonchev–Trinajstić information content (AvgIpc) is 2.63. The first kappa shape index (κ1) is 20.0. The van der Waals surface area contributed by atoms with Gasteiger partial charge in [-0.1, -0.05) is 27.7 Å². The maximum atomic E-state index is 12.4. The van der Waals surface area contributed by atoms with Gasteiger partial charge in [0.2, 0.25) is 5.91 Å². The van der Waals surface area contributed by atoms with Crippen molar-refractivity contribution >= 4 is 11.7 Å². The van der Waals surface area contributed by atoms with Gasteiger partial charge in [0, 0.05) is 44.9 Å². The Morgan fingerprint density at radius 3 is 2.44 bits per heavy atom. The Bertz CT molecular complexity index is 625. The molecule has 1 amide bonds. The Morgan fingerprint density at radius 2 is 1.81 bits per heavy atom. The number of hydrogen-bond acceptors (Lipinski definition) is 4. The number of pyridine rings is 1. The molecule has 5 nitrogen and oxygen atoms in total.